The van der Waals surface area contributed by atoms with Crippen molar-refractivity contribution in [2.24, 2.45) is 0 Å². The fraction of sp³-hybridized carbons (Fsp3) is 0.308. The van der Waals surface area contributed by atoms with Crippen molar-refractivity contribution in [3.8, 4) is 11.5 Å². The molecule has 0 aromatic carbocycles. The van der Waals surface area contributed by atoms with Gasteiger partial charge in [-0.2, -0.15) is 0 Å². The maximum Gasteiger partial charge on any atom is 0.338 e. The van der Waals surface area contributed by atoms with E-state index in [4.69, 9.17) is 4.42 Å². The van der Waals surface area contributed by atoms with Gasteiger partial charge in [-0.25, -0.2) is 4.79 Å². The molecule has 0 aliphatic carbocycles. The third-order valence-corrected chi connectivity index (χ3v) is 3.65. The van der Waals surface area contributed by atoms with Gasteiger partial charge in [-0.1, -0.05) is 6.92 Å². The largest absolute Gasteiger partial charge is 0.478 e. The predicted molar refractivity (Wildman–Crippen MR) is 71.8 cm³/mol. The van der Waals surface area contributed by atoms with Crippen LogP contribution >= 0.6 is 15.9 Å². The van der Waals surface area contributed by atoms with Crippen molar-refractivity contribution >= 4 is 21.9 Å². The van der Waals surface area contributed by atoms with E-state index in [2.05, 4.69) is 22.9 Å². The Balaban J connectivity index is 2.70. The summed E-state index contributed by atoms with van der Waals surface area (Å²) in [5.74, 6) is -0.257. The number of nitrogens with zero attached hydrogens (tertiary/aromatic N) is 1. The van der Waals surface area contributed by atoms with Crippen LogP contribution in [0.15, 0.2) is 27.3 Å². The highest BCUT2D eigenvalue weighted by molar-refractivity contribution is 9.10. The van der Waals surface area contributed by atoms with Crippen LogP contribution in [0.2, 0.25) is 0 Å². The van der Waals surface area contributed by atoms with Crippen LogP contribution in [0, 0.1) is 6.92 Å². The predicted octanol–water partition coefficient (Wildman–Crippen LogP) is 3.93. The summed E-state index contributed by atoms with van der Waals surface area (Å²) in [5, 5.41) is 9.28. The quantitative estimate of drug-likeness (QED) is 0.930. The normalized spacial score (nSPS) is 10.8. The molecule has 2 aromatic rings. The Kier molecular flexibility index (Phi) is 3.61. The number of aromatic carboxylic acids is 1. The lowest BCUT2D eigenvalue weighted by atomic mass is 10.2. The number of furan rings is 1. The zero-order chi connectivity index (χ0) is 13.3. The zero-order valence-electron chi connectivity index (χ0n) is 10.2. The molecular formula is C13H14BrNO3. The highest BCUT2D eigenvalue weighted by Gasteiger charge is 2.24. The molecule has 2 rings (SSSR count). The van der Waals surface area contributed by atoms with Crippen LogP contribution < -0.4 is 0 Å². The molecule has 0 amide bonds. The second-order valence-corrected chi connectivity index (χ2v) is 4.85. The molecule has 0 aliphatic heterocycles. The summed E-state index contributed by atoms with van der Waals surface area (Å²) in [6, 6.07) is 3.62. The number of carboxylic acid groups (broad SMARTS) is 1. The number of hydrogen-bond acceptors (Lipinski definition) is 2. The van der Waals surface area contributed by atoms with Crippen molar-refractivity contribution in [2.45, 2.75) is 26.8 Å². The Morgan fingerprint density at radius 1 is 1.56 bits per heavy atom. The third kappa shape index (κ3) is 1.99. The fourth-order valence-corrected chi connectivity index (χ4v) is 2.97. The van der Waals surface area contributed by atoms with Crippen LogP contribution in [0.25, 0.3) is 11.5 Å². The van der Waals surface area contributed by atoms with Crippen LogP contribution in [0.1, 0.15) is 29.4 Å². The minimum atomic E-state index is -0.929. The summed E-state index contributed by atoms with van der Waals surface area (Å²) in [4.78, 5) is 11.3. The van der Waals surface area contributed by atoms with Gasteiger partial charge in [0, 0.05) is 12.2 Å². The third-order valence-electron chi connectivity index (χ3n) is 2.88. The molecule has 0 bridgehead atoms. The van der Waals surface area contributed by atoms with E-state index in [1.165, 1.54) is 0 Å². The zero-order valence-corrected chi connectivity index (χ0v) is 11.8. The average molecular weight is 312 g/mol. The van der Waals surface area contributed by atoms with Crippen molar-refractivity contribution in [1.82, 2.24) is 4.57 Å². The molecule has 0 fully saturated rings. The van der Waals surface area contributed by atoms with Gasteiger partial charge >= 0.3 is 5.97 Å². The summed E-state index contributed by atoms with van der Waals surface area (Å²) in [7, 11) is 0. The van der Waals surface area contributed by atoms with Gasteiger partial charge in [0.25, 0.3) is 0 Å². The van der Waals surface area contributed by atoms with Crippen LogP contribution in [0.5, 0.6) is 0 Å². The molecule has 0 atom stereocenters. The van der Waals surface area contributed by atoms with Gasteiger partial charge in [-0.05, 0) is 41.4 Å². The molecule has 5 heteroatoms. The van der Waals surface area contributed by atoms with Crippen molar-refractivity contribution in [2.75, 3.05) is 0 Å². The molecule has 2 aromatic heterocycles. The van der Waals surface area contributed by atoms with Gasteiger partial charge in [0.1, 0.15) is 0 Å². The first-order valence-corrected chi connectivity index (χ1v) is 6.53. The maximum absolute atomic E-state index is 11.3. The minimum absolute atomic E-state index is 0.301. The molecule has 0 saturated heterocycles. The number of hydrogen-bond donors (Lipinski definition) is 1. The van der Waals surface area contributed by atoms with Gasteiger partial charge in [-0.15, -0.1) is 0 Å². The van der Waals surface area contributed by atoms with Crippen molar-refractivity contribution in [1.29, 1.82) is 0 Å². The summed E-state index contributed by atoms with van der Waals surface area (Å²) >= 11 is 3.38. The van der Waals surface area contributed by atoms with Gasteiger partial charge < -0.3 is 14.1 Å². The van der Waals surface area contributed by atoms with E-state index < -0.39 is 5.97 Å². The van der Waals surface area contributed by atoms with Crippen LogP contribution in [-0.2, 0) is 6.54 Å². The van der Waals surface area contributed by atoms with E-state index in [9.17, 15) is 9.90 Å². The summed E-state index contributed by atoms with van der Waals surface area (Å²) in [6.07, 6.45) is 2.51. The molecule has 4 nitrogen and oxygen atoms in total. The first kappa shape index (κ1) is 13.0. The standard InChI is InChI=1S/C13H14BrNO3/c1-3-6-15-8(2)10(13(16)17)11(14)12(15)9-5-4-7-18-9/h4-5,7H,3,6H2,1-2H3,(H,16,17). The second kappa shape index (κ2) is 5.02. The number of halogens is 1. The minimum Gasteiger partial charge on any atom is -0.478 e. The lowest BCUT2D eigenvalue weighted by molar-refractivity contribution is 0.0695. The molecule has 18 heavy (non-hydrogen) atoms. The summed E-state index contributed by atoms with van der Waals surface area (Å²) in [5.41, 5.74) is 1.83. The molecule has 0 radical (unpaired) electrons. The Morgan fingerprint density at radius 2 is 2.28 bits per heavy atom. The Labute approximate surface area is 113 Å². The molecule has 0 unspecified atom stereocenters. The summed E-state index contributed by atoms with van der Waals surface area (Å²) < 4.78 is 7.95. The fourth-order valence-electron chi connectivity index (χ4n) is 2.10. The highest BCUT2D eigenvalue weighted by Crippen LogP contribution is 2.36. The molecular weight excluding hydrogens is 298 g/mol. The molecule has 0 saturated carbocycles. The van der Waals surface area contributed by atoms with Gasteiger partial charge in [-0.3, -0.25) is 0 Å². The smallest absolute Gasteiger partial charge is 0.338 e. The van der Waals surface area contributed by atoms with Crippen LogP contribution in [0.4, 0.5) is 0 Å². The van der Waals surface area contributed by atoms with E-state index in [0.29, 0.717) is 15.8 Å². The average Bonchev–Trinajstić information content (AvgIpc) is 2.87. The first-order valence-electron chi connectivity index (χ1n) is 5.73. The molecule has 1 N–H and O–H groups in total. The van der Waals surface area contributed by atoms with Crippen molar-refractivity contribution < 1.29 is 14.3 Å². The van der Waals surface area contributed by atoms with E-state index in [1.807, 2.05) is 17.6 Å². The Bertz CT molecular complexity index is 570. The number of rotatable bonds is 4. The van der Waals surface area contributed by atoms with Crippen LogP contribution in [-0.4, -0.2) is 15.6 Å². The SMILES string of the molecule is CCCn1c(C)c(C(=O)O)c(Br)c1-c1ccco1. The highest BCUT2D eigenvalue weighted by atomic mass is 79.9. The number of aromatic nitrogens is 1. The first-order chi connectivity index (χ1) is 8.57. The Hall–Kier alpha value is -1.49. The van der Waals surface area contributed by atoms with Gasteiger partial charge in [0.05, 0.1) is 22.0 Å². The molecule has 0 aliphatic rings. The molecule has 2 heterocycles. The maximum atomic E-state index is 11.3. The van der Waals surface area contributed by atoms with Gasteiger partial charge in [0.2, 0.25) is 0 Å². The van der Waals surface area contributed by atoms with E-state index in [-0.39, 0.29) is 0 Å². The van der Waals surface area contributed by atoms with E-state index in [0.717, 1.165) is 24.4 Å². The lowest BCUT2D eigenvalue weighted by Crippen LogP contribution is -2.03. The monoisotopic (exact) mass is 311 g/mol. The van der Waals surface area contributed by atoms with Gasteiger partial charge in [0.15, 0.2) is 5.76 Å². The van der Waals surface area contributed by atoms with E-state index in [1.54, 1.807) is 12.3 Å². The summed E-state index contributed by atoms with van der Waals surface area (Å²) in [6.45, 7) is 4.63. The van der Waals surface area contributed by atoms with Crippen molar-refractivity contribution in [3.63, 3.8) is 0 Å². The lowest BCUT2D eigenvalue weighted by Gasteiger charge is -2.08. The van der Waals surface area contributed by atoms with E-state index >= 15 is 0 Å². The number of carboxylic acids is 1. The van der Waals surface area contributed by atoms with Crippen LogP contribution in [0.3, 0.4) is 0 Å². The number of carbonyl (C=O) groups is 1. The second-order valence-electron chi connectivity index (χ2n) is 4.06. The topological polar surface area (TPSA) is 55.4 Å². The Morgan fingerprint density at radius 3 is 2.78 bits per heavy atom. The van der Waals surface area contributed by atoms with Crippen molar-refractivity contribution in [3.05, 3.63) is 34.1 Å². The molecule has 0 spiro atoms. The molecule has 96 valence electrons.